The van der Waals surface area contributed by atoms with Gasteiger partial charge in [-0.1, -0.05) is 12.1 Å². The Hall–Kier alpha value is -3.62. The number of benzene rings is 2. The summed E-state index contributed by atoms with van der Waals surface area (Å²) in [5.41, 5.74) is 1.92. The molecule has 0 aliphatic rings. The van der Waals surface area contributed by atoms with Gasteiger partial charge in [-0.2, -0.15) is 0 Å². The number of tetrazole rings is 1. The number of rotatable bonds is 5. The largest absolute Gasteiger partial charge is 0.497 e. The second-order valence-corrected chi connectivity index (χ2v) is 5.35. The van der Waals surface area contributed by atoms with E-state index in [4.69, 9.17) is 9.47 Å². The number of amides is 2. The lowest BCUT2D eigenvalue weighted by molar-refractivity contribution is 0.262. The predicted molar refractivity (Wildman–Crippen MR) is 96.4 cm³/mol. The van der Waals surface area contributed by atoms with Crippen LogP contribution in [0.25, 0.3) is 11.4 Å². The van der Waals surface area contributed by atoms with E-state index in [-0.39, 0.29) is 0 Å². The number of hydrogen-bond donors (Lipinski definition) is 2. The molecule has 1 aromatic heterocycles. The standard InChI is InChI=1S/C17H18N6O3/c1-23-16(20-21-22-23)11-5-4-6-12(9-11)18-17(24)19-14-8-7-13(25-2)10-15(14)26-3/h4-10H,1-3H3,(H2,18,19,24). The Labute approximate surface area is 149 Å². The molecular weight excluding hydrogens is 336 g/mol. The fourth-order valence-electron chi connectivity index (χ4n) is 2.40. The van der Waals surface area contributed by atoms with E-state index < -0.39 is 6.03 Å². The van der Waals surface area contributed by atoms with Crippen LogP contribution in [0.4, 0.5) is 16.2 Å². The zero-order valence-electron chi connectivity index (χ0n) is 14.6. The Balaban J connectivity index is 1.74. The summed E-state index contributed by atoms with van der Waals surface area (Å²) in [5.74, 6) is 1.74. The second kappa shape index (κ2) is 7.51. The van der Waals surface area contributed by atoms with Gasteiger partial charge in [-0.25, -0.2) is 9.48 Å². The molecule has 0 unspecified atom stereocenters. The van der Waals surface area contributed by atoms with Gasteiger partial charge in [-0.3, -0.25) is 0 Å². The normalized spacial score (nSPS) is 10.3. The quantitative estimate of drug-likeness (QED) is 0.730. The minimum Gasteiger partial charge on any atom is -0.497 e. The van der Waals surface area contributed by atoms with Crippen molar-refractivity contribution in [2.75, 3.05) is 24.9 Å². The van der Waals surface area contributed by atoms with Crippen molar-refractivity contribution in [3.05, 3.63) is 42.5 Å². The van der Waals surface area contributed by atoms with Crippen LogP contribution in [0.3, 0.4) is 0 Å². The van der Waals surface area contributed by atoms with Crippen LogP contribution < -0.4 is 20.1 Å². The zero-order chi connectivity index (χ0) is 18.5. The average molecular weight is 354 g/mol. The van der Waals surface area contributed by atoms with Crippen molar-refractivity contribution in [3.63, 3.8) is 0 Å². The molecule has 3 rings (SSSR count). The predicted octanol–water partition coefficient (Wildman–Crippen LogP) is 2.54. The highest BCUT2D eigenvalue weighted by Gasteiger charge is 2.11. The third-order valence-electron chi connectivity index (χ3n) is 3.66. The Morgan fingerprint density at radius 2 is 1.92 bits per heavy atom. The van der Waals surface area contributed by atoms with Crippen molar-refractivity contribution in [1.29, 1.82) is 0 Å². The first kappa shape index (κ1) is 17.2. The van der Waals surface area contributed by atoms with Crippen LogP contribution in [-0.2, 0) is 7.05 Å². The third-order valence-corrected chi connectivity index (χ3v) is 3.66. The van der Waals surface area contributed by atoms with E-state index in [0.29, 0.717) is 28.7 Å². The number of methoxy groups -OCH3 is 2. The lowest BCUT2D eigenvalue weighted by atomic mass is 10.2. The monoisotopic (exact) mass is 354 g/mol. The van der Waals surface area contributed by atoms with Crippen molar-refractivity contribution < 1.29 is 14.3 Å². The number of ether oxygens (including phenoxy) is 2. The first-order valence-corrected chi connectivity index (χ1v) is 7.73. The highest BCUT2D eigenvalue weighted by atomic mass is 16.5. The molecule has 0 aliphatic heterocycles. The van der Waals surface area contributed by atoms with Crippen LogP contribution in [0.5, 0.6) is 11.5 Å². The highest BCUT2D eigenvalue weighted by molar-refractivity contribution is 6.01. The van der Waals surface area contributed by atoms with E-state index in [2.05, 4.69) is 26.2 Å². The van der Waals surface area contributed by atoms with Crippen molar-refractivity contribution in [1.82, 2.24) is 20.2 Å². The second-order valence-electron chi connectivity index (χ2n) is 5.35. The molecule has 0 radical (unpaired) electrons. The molecule has 0 spiro atoms. The SMILES string of the molecule is COc1ccc(NC(=O)Nc2cccc(-c3nnnn3C)c2)c(OC)c1. The minimum atomic E-state index is -0.401. The van der Waals surface area contributed by atoms with Crippen LogP contribution in [0.1, 0.15) is 0 Å². The van der Waals surface area contributed by atoms with Crippen LogP contribution >= 0.6 is 0 Å². The summed E-state index contributed by atoms with van der Waals surface area (Å²) < 4.78 is 12.0. The summed E-state index contributed by atoms with van der Waals surface area (Å²) in [6.45, 7) is 0. The van der Waals surface area contributed by atoms with E-state index in [1.54, 1.807) is 49.2 Å². The first-order chi connectivity index (χ1) is 12.6. The number of aromatic nitrogens is 4. The van der Waals surface area contributed by atoms with Crippen LogP contribution in [0.15, 0.2) is 42.5 Å². The average Bonchev–Trinajstić information content (AvgIpc) is 3.08. The highest BCUT2D eigenvalue weighted by Crippen LogP contribution is 2.29. The van der Waals surface area contributed by atoms with Crippen molar-refractivity contribution in [2.45, 2.75) is 0 Å². The van der Waals surface area contributed by atoms with E-state index >= 15 is 0 Å². The van der Waals surface area contributed by atoms with Gasteiger partial charge in [-0.05, 0) is 34.7 Å². The van der Waals surface area contributed by atoms with Gasteiger partial charge in [0, 0.05) is 24.4 Å². The smallest absolute Gasteiger partial charge is 0.323 e. The molecule has 0 aliphatic carbocycles. The molecule has 134 valence electrons. The van der Waals surface area contributed by atoms with Crippen molar-refractivity contribution in [2.24, 2.45) is 7.05 Å². The van der Waals surface area contributed by atoms with Gasteiger partial charge in [0.2, 0.25) is 0 Å². The number of carbonyl (C=O) groups excluding carboxylic acids is 1. The summed E-state index contributed by atoms with van der Waals surface area (Å²) in [5, 5.41) is 16.9. The molecule has 9 heteroatoms. The van der Waals surface area contributed by atoms with Gasteiger partial charge in [-0.15, -0.1) is 5.10 Å². The van der Waals surface area contributed by atoms with Gasteiger partial charge in [0.15, 0.2) is 5.82 Å². The van der Waals surface area contributed by atoms with Gasteiger partial charge < -0.3 is 20.1 Å². The molecule has 2 N–H and O–H groups in total. The third kappa shape index (κ3) is 3.72. The van der Waals surface area contributed by atoms with E-state index in [9.17, 15) is 4.79 Å². The van der Waals surface area contributed by atoms with Gasteiger partial charge in [0.25, 0.3) is 0 Å². The lowest BCUT2D eigenvalue weighted by Gasteiger charge is -2.12. The van der Waals surface area contributed by atoms with Crippen LogP contribution in [0.2, 0.25) is 0 Å². The molecule has 0 atom stereocenters. The summed E-state index contributed by atoms with van der Waals surface area (Å²) in [6, 6.07) is 12.0. The van der Waals surface area contributed by atoms with Crippen molar-refractivity contribution >= 4 is 17.4 Å². The van der Waals surface area contributed by atoms with Gasteiger partial charge >= 0.3 is 6.03 Å². The summed E-state index contributed by atoms with van der Waals surface area (Å²) in [6.07, 6.45) is 0. The number of nitrogens with zero attached hydrogens (tertiary/aromatic N) is 4. The molecule has 9 nitrogen and oxygen atoms in total. The number of anilines is 2. The van der Waals surface area contributed by atoms with Crippen LogP contribution in [0, 0.1) is 0 Å². The Morgan fingerprint density at radius 1 is 1.08 bits per heavy atom. The molecule has 0 saturated heterocycles. The van der Waals surface area contributed by atoms with E-state index in [1.165, 1.54) is 7.11 Å². The number of carbonyl (C=O) groups is 1. The van der Waals surface area contributed by atoms with Crippen molar-refractivity contribution in [3.8, 4) is 22.9 Å². The number of nitrogens with one attached hydrogen (secondary N) is 2. The maximum absolute atomic E-state index is 12.3. The minimum absolute atomic E-state index is 0.401. The Kier molecular flexibility index (Phi) is 4.97. The summed E-state index contributed by atoms with van der Waals surface area (Å²) in [4.78, 5) is 12.3. The molecule has 2 aromatic carbocycles. The maximum Gasteiger partial charge on any atom is 0.323 e. The number of hydrogen-bond acceptors (Lipinski definition) is 6. The first-order valence-electron chi connectivity index (χ1n) is 7.73. The molecular formula is C17H18N6O3. The summed E-state index contributed by atoms with van der Waals surface area (Å²) in [7, 11) is 4.84. The molecule has 0 bridgehead atoms. The Morgan fingerprint density at radius 3 is 2.62 bits per heavy atom. The fraction of sp³-hybridized carbons (Fsp3) is 0.176. The van der Waals surface area contributed by atoms with Gasteiger partial charge in [0.1, 0.15) is 11.5 Å². The number of urea groups is 1. The molecule has 3 aromatic rings. The molecule has 0 saturated carbocycles. The molecule has 26 heavy (non-hydrogen) atoms. The van der Waals surface area contributed by atoms with Gasteiger partial charge in [0.05, 0.1) is 19.9 Å². The molecule has 1 heterocycles. The zero-order valence-corrected chi connectivity index (χ0v) is 14.6. The topological polar surface area (TPSA) is 103 Å². The van der Waals surface area contributed by atoms with Crippen LogP contribution in [-0.4, -0.2) is 40.5 Å². The van der Waals surface area contributed by atoms with E-state index in [1.807, 2.05) is 12.1 Å². The lowest BCUT2D eigenvalue weighted by Crippen LogP contribution is -2.19. The fourth-order valence-corrected chi connectivity index (χ4v) is 2.40. The Bertz CT molecular complexity index is 924. The summed E-state index contributed by atoms with van der Waals surface area (Å²) >= 11 is 0. The van der Waals surface area contributed by atoms with E-state index in [0.717, 1.165) is 5.56 Å². The molecule has 2 amide bonds. The maximum atomic E-state index is 12.3. The number of aryl methyl sites for hydroxylation is 1. The molecule has 0 fully saturated rings.